The van der Waals surface area contributed by atoms with Gasteiger partial charge in [-0.25, -0.2) is 12.8 Å². The van der Waals surface area contributed by atoms with Crippen LogP contribution in [0.1, 0.15) is 0 Å². The molecule has 0 amide bonds. The molecule has 0 aromatic heterocycles. The number of hydrogen-bond acceptors (Lipinski definition) is 4. The maximum atomic E-state index is 13.7. The smallest absolute Gasteiger partial charge is 0.243 e. The van der Waals surface area contributed by atoms with E-state index < -0.39 is 10.0 Å². The van der Waals surface area contributed by atoms with E-state index in [0.717, 1.165) is 0 Å². The van der Waals surface area contributed by atoms with Crippen molar-refractivity contribution in [3.8, 4) is 5.75 Å². The average molecular weight is 410 g/mol. The SMILES string of the molecule is COc1ccc(S(=O)(=O)N2CCN(C(=S)Nc3ccccc3F)CC2)cc1. The number of halogens is 1. The van der Waals surface area contributed by atoms with Crippen molar-refractivity contribution in [1.82, 2.24) is 9.21 Å². The lowest BCUT2D eigenvalue weighted by Crippen LogP contribution is -2.51. The molecular weight excluding hydrogens is 389 g/mol. The zero-order chi connectivity index (χ0) is 19.4. The molecule has 144 valence electrons. The molecule has 27 heavy (non-hydrogen) atoms. The Bertz CT molecular complexity index is 912. The highest BCUT2D eigenvalue weighted by molar-refractivity contribution is 7.89. The highest BCUT2D eigenvalue weighted by Crippen LogP contribution is 2.21. The van der Waals surface area contributed by atoms with Gasteiger partial charge in [0.25, 0.3) is 0 Å². The van der Waals surface area contributed by atoms with E-state index in [0.29, 0.717) is 42.7 Å². The summed E-state index contributed by atoms with van der Waals surface area (Å²) in [7, 11) is -2.05. The number of sulfonamides is 1. The van der Waals surface area contributed by atoms with E-state index >= 15 is 0 Å². The summed E-state index contributed by atoms with van der Waals surface area (Å²) in [5, 5.41) is 3.25. The largest absolute Gasteiger partial charge is 0.497 e. The molecule has 9 heteroatoms. The van der Waals surface area contributed by atoms with Gasteiger partial charge in [0.1, 0.15) is 11.6 Å². The molecule has 2 aromatic carbocycles. The number of rotatable bonds is 4. The quantitative estimate of drug-likeness (QED) is 0.783. The topological polar surface area (TPSA) is 61.9 Å². The first-order valence-corrected chi connectivity index (χ1v) is 10.2. The lowest BCUT2D eigenvalue weighted by Gasteiger charge is -2.35. The predicted octanol–water partition coefficient (Wildman–Crippen LogP) is 2.54. The highest BCUT2D eigenvalue weighted by Gasteiger charge is 2.29. The molecule has 2 aromatic rings. The van der Waals surface area contributed by atoms with Crippen molar-refractivity contribution in [3.05, 3.63) is 54.3 Å². The van der Waals surface area contributed by atoms with Crippen molar-refractivity contribution in [2.24, 2.45) is 0 Å². The number of benzene rings is 2. The van der Waals surface area contributed by atoms with Crippen LogP contribution in [0.5, 0.6) is 5.75 Å². The minimum Gasteiger partial charge on any atom is -0.497 e. The Balaban J connectivity index is 1.62. The number of nitrogens with one attached hydrogen (secondary N) is 1. The molecule has 0 saturated carbocycles. The Hall–Kier alpha value is -2.23. The van der Waals surface area contributed by atoms with Gasteiger partial charge in [-0.15, -0.1) is 0 Å². The summed E-state index contributed by atoms with van der Waals surface area (Å²) in [5.41, 5.74) is 0.302. The summed E-state index contributed by atoms with van der Waals surface area (Å²) in [4.78, 5) is 2.06. The van der Waals surface area contributed by atoms with Crippen LogP contribution in [0.2, 0.25) is 0 Å². The van der Waals surface area contributed by atoms with Gasteiger partial charge in [-0.2, -0.15) is 4.31 Å². The molecule has 3 rings (SSSR count). The lowest BCUT2D eigenvalue weighted by atomic mass is 10.3. The van der Waals surface area contributed by atoms with E-state index in [2.05, 4.69) is 5.32 Å². The number of thiocarbonyl (C=S) groups is 1. The highest BCUT2D eigenvalue weighted by atomic mass is 32.2. The van der Waals surface area contributed by atoms with Crippen LogP contribution in [-0.2, 0) is 10.0 Å². The predicted molar refractivity (Wildman–Crippen MR) is 106 cm³/mol. The van der Waals surface area contributed by atoms with Crippen LogP contribution >= 0.6 is 12.2 Å². The Morgan fingerprint density at radius 1 is 1.07 bits per heavy atom. The Morgan fingerprint density at radius 2 is 1.70 bits per heavy atom. The van der Waals surface area contributed by atoms with Gasteiger partial charge in [0, 0.05) is 26.2 Å². The van der Waals surface area contributed by atoms with Gasteiger partial charge >= 0.3 is 0 Å². The molecule has 0 bridgehead atoms. The zero-order valence-electron chi connectivity index (χ0n) is 14.8. The number of nitrogens with zero attached hydrogens (tertiary/aromatic N) is 2. The number of anilines is 1. The molecule has 0 unspecified atom stereocenters. The van der Waals surface area contributed by atoms with Gasteiger partial charge in [-0.1, -0.05) is 12.1 Å². The van der Waals surface area contributed by atoms with Crippen molar-refractivity contribution in [1.29, 1.82) is 0 Å². The van der Waals surface area contributed by atoms with Crippen molar-refractivity contribution in [2.45, 2.75) is 4.90 Å². The third-order valence-electron chi connectivity index (χ3n) is 4.34. The van der Waals surface area contributed by atoms with Gasteiger partial charge in [0.05, 0.1) is 17.7 Å². The zero-order valence-corrected chi connectivity index (χ0v) is 16.4. The van der Waals surface area contributed by atoms with Gasteiger partial charge in [0.2, 0.25) is 10.0 Å². The summed E-state index contributed by atoms with van der Waals surface area (Å²) < 4.78 is 45.8. The van der Waals surface area contributed by atoms with Crippen molar-refractivity contribution in [2.75, 3.05) is 38.6 Å². The summed E-state index contributed by atoms with van der Waals surface area (Å²) >= 11 is 5.34. The monoisotopic (exact) mass is 409 g/mol. The van der Waals surface area contributed by atoms with Crippen LogP contribution in [0.15, 0.2) is 53.4 Å². The van der Waals surface area contributed by atoms with Gasteiger partial charge < -0.3 is 15.0 Å². The summed E-state index contributed by atoms with van der Waals surface area (Å²) in [6.07, 6.45) is 0. The first-order valence-electron chi connectivity index (χ1n) is 8.36. The van der Waals surface area contributed by atoms with Crippen LogP contribution in [0.3, 0.4) is 0 Å². The summed E-state index contributed by atoms with van der Waals surface area (Å²) in [5.74, 6) is 0.212. The second-order valence-electron chi connectivity index (χ2n) is 5.98. The number of methoxy groups -OCH3 is 1. The Kier molecular flexibility index (Phi) is 5.93. The molecule has 1 fully saturated rings. The standard InChI is InChI=1S/C18H20FN3O3S2/c1-25-14-6-8-15(9-7-14)27(23,24)22-12-10-21(11-13-22)18(26)20-17-5-3-2-4-16(17)19/h2-9H,10-13H2,1H3,(H,20,26). The molecule has 0 radical (unpaired) electrons. The van der Waals surface area contributed by atoms with E-state index in [-0.39, 0.29) is 10.7 Å². The fraction of sp³-hybridized carbons (Fsp3) is 0.278. The van der Waals surface area contributed by atoms with Crippen LogP contribution < -0.4 is 10.1 Å². The normalized spacial score (nSPS) is 15.4. The number of para-hydroxylation sites is 1. The fourth-order valence-corrected chi connectivity index (χ4v) is 4.50. The maximum absolute atomic E-state index is 13.7. The Morgan fingerprint density at radius 3 is 2.30 bits per heavy atom. The second-order valence-corrected chi connectivity index (χ2v) is 8.30. The fourth-order valence-electron chi connectivity index (χ4n) is 2.79. The van der Waals surface area contributed by atoms with E-state index in [4.69, 9.17) is 17.0 Å². The first kappa shape index (κ1) is 19.5. The summed E-state index contributed by atoms with van der Waals surface area (Å²) in [6.45, 7) is 1.45. The van der Waals surface area contributed by atoms with Gasteiger partial charge in [-0.3, -0.25) is 0 Å². The molecule has 1 aliphatic heterocycles. The average Bonchev–Trinajstić information content (AvgIpc) is 2.70. The molecular formula is C18H20FN3O3S2. The molecule has 1 N–H and O–H groups in total. The maximum Gasteiger partial charge on any atom is 0.243 e. The third kappa shape index (κ3) is 4.37. The lowest BCUT2D eigenvalue weighted by molar-refractivity contribution is 0.268. The second kappa shape index (κ2) is 8.20. The van der Waals surface area contributed by atoms with Crippen molar-refractivity contribution in [3.63, 3.8) is 0 Å². The number of hydrogen-bond donors (Lipinski definition) is 1. The molecule has 0 atom stereocenters. The van der Waals surface area contributed by atoms with Crippen molar-refractivity contribution >= 4 is 33.0 Å². The number of piperazine rings is 1. The van der Waals surface area contributed by atoms with Crippen molar-refractivity contribution < 1.29 is 17.5 Å². The van der Waals surface area contributed by atoms with E-state index in [1.807, 2.05) is 4.90 Å². The molecule has 1 heterocycles. The minimum absolute atomic E-state index is 0.226. The number of ether oxygens (including phenoxy) is 1. The van der Waals surface area contributed by atoms with Crippen LogP contribution in [0, 0.1) is 5.82 Å². The van der Waals surface area contributed by atoms with E-state index in [9.17, 15) is 12.8 Å². The van der Waals surface area contributed by atoms with E-state index in [1.165, 1.54) is 29.6 Å². The van der Waals surface area contributed by atoms with Crippen LogP contribution in [0.25, 0.3) is 0 Å². The summed E-state index contributed by atoms with van der Waals surface area (Å²) in [6, 6.07) is 12.6. The van der Waals surface area contributed by atoms with Crippen LogP contribution in [-0.4, -0.2) is 56.0 Å². The van der Waals surface area contributed by atoms with Crippen LogP contribution in [0.4, 0.5) is 10.1 Å². The molecule has 1 saturated heterocycles. The molecule has 0 spiro atoms. The van der Waals surface area contributed by atoms with Gasteiger partial charge in [-0.05, 0) is 48.6 Å². The minimum atomic E-state index is -3.57. The third-order valence-corrected chi connectivity index (χ3v) is 6.61. The molecule has 1 aliphatic rings. The first-order chi connectivity index (χ1) is 12.9. The molecule has 6 nitrogen and oxygen atoms in total. The molecule has 0 aliphatic carbocycles. The Labute approximate surface area is 163 Å². The van der Waals surface area contributed by atoms with E-state index in [1.54, 1.807) is 30.3 Å². The van der Waals surface area contributed by atoms with Gasteiger partial charge in [0.15, 0.2) is 5.11 Å².